The average Bonchev–Trinajstić information content (AvgIpc) is 2.27. The van der Waals surface area contributed by atoms with Crippen LogP contribution in [0.5, 0.6) is 0 Å². The second kappa shape index (κ2) is 4.35. The van der Waals surface area contributed by atoms with Crippen molar-refractivity contribution in [1.29, 1.82) is 0 Å². The minimum absolute atomic E-state index is 0.320. The van der Waals surface area contributed by atoms with Crippen molar-refractivity contribution in [2.45, 2.75) is 52.9 Å². The molecule has 1 saturated carbocycles. The minimum Gasteiger partial charge on any atom is -0.303 e. The van der Waals surface area contributed by atoms with Crippen LogP contribution in [0.25, 0.3) is 0 Å². The lowest BCUT2D eigenvalue weighted by molar-refractivity contribution is -0.121. The molecule has 0 saturated heterocycles. The van der Waals surface area contributed by atoms with Crippen LogP contribution >= 0.6 is 0 Å². The monoisotopic (exact) mass is 220 g/mol. The van der Waals surface area contributed by atoms with E-state index in [2.05, 4.69) is 26.8 Å². The zero-order chi connectivity index (χ0) is 11.8. The van der Waals surface area contributed by atoms with E-state index in [-0.39, 0.29) is 0 Å². The number of carbonyl (C=O) groups excluding carboxylic acids is 1. The molecule has 1 fully saturated rings. The van der Waals surface area contributed by atoms with E-state index in [1.165, 1.54) is 31.1 Å². The first kappa shape index (κ1) is 11.9. The zero-order valence-corrected chi connectivity index (χ0v) is 10.8. The van der Waals surface area contributed by atoms with Crippen molar-refractivity contribution in [3.8, 4) is 0 Å². The Bertz CT molecular complexity index is 301. The fourth-order valence-corrected chi connectivity index (χ4v) is 3.77. The lowest BCUT2D eigenvalue weighted by Crippen LogP contribution is -2.47. The standard InChI is InChI=1S/C15H24O/c1-11-5-4-6-12(10-16)13-9-15(2,3)14(13)8-7-11/h5,10,12-14H,4,6-9H2,1-3H3. The Labute approximate surface area is 99.3 Å². The maximum atomic E-state index is 11.2. The molecule has 90 valence electrons. The molecule has 0 aromatic carbocycles. The molecule has 0 aromatic heterocycles. The fourth-order valence-electron chi connectivity index (χ4n) is 3.77. The molecule has 1 heteroatoms. The molecule has 0 radical (unpaired) electrons. The molecule has 0 heterocycles. The summed E-state index contributed by atoms with van der Waals surface area (Å²) in [6.45, 7) is 6.97. The topological polar surface area (TPSA) is 17.1 Å². The van der Waals surface area contributed by atoms with Gasteiger partial charge >= 0.3 is 0 Å². The van der Waals surface area contributed by atoms with Gasteiger partial charge in [0.05, 0.1) is 0 Å². The second-order valence-corrected chi connectivity index (χ2v) is 6.43. The summed E-state index contributed by atoms with van der Waals surface area (Å²) >= 11 is 0. The van der Waals surface area contributed by atoms with Gasteiger partial charge in [-0.15, -0.1) is 0 Å². The van der Waals surface area contributed by atoms with Gasteiger partial charge in [0.1, 0.15) is 6.29 Å². The highest BCUT2D eigenvalue weighted by Crippen LogP contribution is 2.56. The third-order valence-corrected chi connectivity index (χ3v) is 4.85. The van der Waals surface area contributed by atoms with Crippen molar-refractivity contribution in [2.75, 3.05) is 0 Å². The maximum Gasteiger partial charge on any atom is 0.123 e. The number of hydrogen-bond donors (Lipinski definition) is 0. The van der Waals surface area contributed by atoms with Crippen LogP contribution in [0, 0.1) is 23.2 Å². The van der Waals surface area contributed by atoms with Crippen LogP contribution in [0.3, 0.4) is 0 Å². The Morgan fingerprint density at radius 1 is 1.38 bits per heavy atom. The molecule has 16 heavy (non-hydrogen) atoms. The minimum atomic E-state index is 0.320. The molecular formula is C15H24O. The lowest BCUT2D eigenvalue weighted by atomic mass is 9.51. The number of rotatable bonds is 1. The van der Waals surface area contributed by atoms with Crippen LogP contribution in [0.15, 0.2) is 11.6 Å². The normalized spacial score (nSPS) is 38.2. The lowest BCUT2D eigenvalue weighted by Gasteiger charge is -2.54. The molecule has 0 N–H and O–H groups in total. The number of hydrogen-bond acceptors (Lipinski definition) is 1. The van der Waals surface area contributed by atoms with E-state index in [1.54, 1.807) is 0 Å². The van der Waals surface area contributed by atoms with Gasteiger partial charge in [-0.25, -0.2) is 0 Å². The third-order valence-electron chi connectivity index (χ3n) is 4.85. The highest BCUT2D eigenvalue weighted by Gasteiger charge is 2.49. The zero-order valence-electron chi connectivity index (χ0n) is 10.8. The van der Waals surface area contributed by atoms with E-state index in [4.69, 9.17) is 0 Å². The first-order chi connectivity index (χ1) is 7.54. The molecule has 0 spiro atoms. The van der Waals surface area contributed by atoms with E-state index < -0.39 is 0 Å². The number of allylic oxidation sites excluding steroid dienone is 2. The smallest absolute Gasteiger partial charge is 0.123 e. The molecule has 0 aromatic rings. The second-order valence-electron chi connectivity index (χ2n) is 6.43. The predicted octanol–water partition coefficient (Wildman–Crippen LogP) is 3.98. The van der Waals surface area contributed by atoms with E-state index >= 15 is 0 Å². The van der Waals surface area contributed by atoms with Gasteiger partial charge in [0.25, 0.3) is 0 Å². The summed E-state index contributed by atoms with van der Waals surface area (Å²) in [6.07, 6.45) is 9.49. The molecule has 0 aliphatic heterocycles. The van der Waals surface area contributed by atoms with Crippen molar-refractivity contribution in [3.63, 3.8) is 0 Å². The van der Waals surface area contributed by atoms with Gasteiger partial charge in [-0.3, -0.25) is 0 Å². The predicted molar refractivity (Wildman–Crippen MR) is 67.2 cm³/mol. The quantitative estimate of drug-likeness (QED) is 0.482. The largest absolute Gasteiger partial charge is 0.303 e. The molecule has 2 aliphatic rings. The molecule has 3 atom stereocenters. The third kappa shape index (κ3) is 2.09. The SMILES string of the molecule is CC1=CCCC(C=O)C2CC(C)(C)C2CC1. The summed E-state index contributed by atoms with van der Waals surface area (Å²) in [4.78, 5) is 11.2. The summed E-state index contributed by atoms with van der Waals surface area (Å²) in [5.74, 6) is 1.76. The van der Waals surface area contributed by atoms with Crippen molar-refractivity contribution in [2.24, 2.45) is 23.2 Å². The Morgan fingerprint density at radius 2 is 2.12 bits per heavy atom. The summed E-state index contributed by atoms with van der Waals surface area (Å²) in [7, 11) is 0. The van der Waals surface area contributed by atoms with Crippen molar-refractivity contribution in [3.05, 3.63) is 11.6 Å². The van der Waals surface area contributed by atoms with Crippen molar-refractivity contribution < 1.29 is 4.79 Å². The highest BCUT2D eigenvalue weighted by atomic mass is 16.1. The van der Waals surface area contributed by atoms with Crippen LogP contribution in [0.1, 0.15) is 52.9 Å². The summed E-state index contributed by atoms with van der Waals surface area (Å²) < 4.78 is 0. The van der Waals surface area contributed by atoms with Crippen molar-refractivity contribution >= 4 is 6.29 Å². The summed E-state index contributed by atoms with van der Waals surface area (Å²) in [5.41, 5.74) is 1.99. The Hall–Kier alpha value is -0.590. The van der Waals surface area contributed by atoms with Crippen LogP contribution in [-0.4, -0.2) is 6.29 Å². The molecule has 0 bridgehead atoms. The average molecular weight is 220 g/mol. The summed E-state index contributed by atoms with van der Waals surface area (Å²) in [5, 5.41) is 0. The molecule has 2 aliphatic carbocycles. The number of fused-ring (bicyclic) bond motifs is 1. The highest BCUT2D eigenvalue weighted by molar-refractivity contribution is 5.54. The summed E-state index contributed by atoms with van der Waals surface area (Å²) in [6, 6.07) is 0. The number of carbonyl (C=O) groups is 1. The van der Waals surface area contributed by atoms with Crippen LogP contribution < -0.4 is 0 Å². The van der Waals surface area contributed by atoms with Gasteiger partial charge in [-0.1, -0.05) is 25.5 Å². The van der Waals surface area contributed by atoms with Crippen molar-refractivity contribution in [1.82, 2.24) is 0 Å². The molecule has 1 nitrogen and oxygen atoms in total. The van der Waals surface area contributed by atoms with E-state index in [9.17, 15) is 4.79 Å². The molecule has 0 amide bonds. The number of aldehydes is 1. The van der Waals surface area contributed by atoms with Crippen LogP contribution in [-0.2, 0) is 4.79 Å². The Balaban J connectivity index is 2.13. The first-order valence-corrected chi connectivity index (χ1v) is 6.65. The van der Waals surface area contributed by atoms with Crippen LogP contribution in [0.4, 0.5) is 0 Å². The Morgan fingerprint density at radius 3 is 2.75 bits per heavy atom. The van der Waals surface area contributed by atoms with Gasteiger partial charge < -0.3 is 4.79 Å². The van der Waals surface area contributed by atoms with Gasteiger partial charge in [0.15, 0.2) is 0 Å². The molecule has 2 rings (SSSR count). The van der Waals surface area contributed by atoms with Gasteiger partial charge in [-0.05, 0) is 56.3 Å². The molecular weight excluding hydrogens is 196 g/mol. The van der Waals surface area contributed by atoms with Gasteiger partial charge in [0, 0.05) is 5.92 Å². The van der Waals surface area contributed by atoms with E-state index in [1.807, 2.05) is 0 Å². The first-order valence-electron chi connectivity index (χ1n) is 6.65. The van der Waals surface area contributed by atoms with Gasteiger partial charge in [-0.2, -0.15) is 0 Å². The Kier molecular flexibility index (Phi) is 3.23. The van der Waals surface area contributed by atoms with Gasteiger partial charge in [0.2, 0.25) is 0 Å². The van der Waals surface area contributed by atoms with Crippen LogP contribution in [0.2, 0.25) is 0 Å². The van der Waals surface area contributed by atoms with E-state index in [0.717, 1.165) is 18.8 Å². The van der Waals surface area contributed by atoms with E-state index in [0.29, 0.717) is 17.3 Å². The fraction of sp³-hybridized carbons (Fsp3) is 0.800. The molecule has 3 unspecified atom stereocenters. The maximum absolute atomic E-state index is 11.2.